The van der Waals surface area contributed by atoms with Crippen LogP contribution in [0, 0.1) is 0 Å². The summed E-state index contributed by atoms with van der Waals surface area (Å²) in [5.41, 5.74) is 0.845. The van der Waals surface area contributed by atoms with E-state index in [0.29, 0.717) is 13.0 Å². The van der Waals surface area contributed by atoms with Crippen molar-refractivity contribution in [3.8, 4) is 0 Å². The summed E-state index contributed by atoms with van der Waals surface area (Å²) in [7, 11) is 0. The highest BCUT2D eigenvalue weighted by Crippen LogP contribution is 2.31. The first-order chi connectivity index (χ1) is 9.89. The molecule has 1 saturated heterocycles. The summed E-state index contributed by atoms with van der Waals surface area (Å²) in [6.45, 7) is 9.82. The van der Waals surface area contributed by atoms with Crippen LogP contribution in [0.5, 0.6) is 0 Å². The van der Waals surface area contributed by atoms with Gasteiger partial charge in [0.05, 0.1) is 0 Å². The summed E-state index contributed by atoms with van der Waals surface area (Å²) in [6, 6.07) is 8.80. The van der Waals surface area contributed by atoms with Gasteiger partial charge < -0.3 is 10.2 Å². The van der Waals surface area contributed by atoms with Gasteiger partial charge in [0.1, 0.15) is 11.6 Å². The summed E-state index contributed by atoms with van der Waals surface area (Å²) < 4.78 is 0. The molecule has 0 spiro atoms. The van der Waals surface area contributed by atoms with Crippen LogP contribution in [0.15, 0.2) is 42.5 Å². The lowest BCUT2D eigenvalue weighted by atomic mass is 9.89. The van der Waals surface area contributed by atoms with E-state index in [1.54, 1.807) is 11.8 Å². The monoisotopic (exact) mass is 286 g/mol. The first-order valence-corrected chi connectivity index (χ1v) is 7.21. The summed E-state index contributed by atoms with van der Waals surface area (Å²) in [4.78, 5) is 27.0. The van der Waals surface area contributed by atoms with Gasteiger partial charge in [-0.3, -0.25) is 9.59 Å². The van der Waals surface area contributed by atoms with E-state index in [1.165, 1.54) is 0 Å². The summed E-state index contributed by atoms with van der Waals surface area (Å²) in [5.74, 6) is -0.187. The van der Waals surface area contributed by atoms with Crippen molar-refractivity contribution in [2.45, 2.75) is 38.8 Å². The molecule has 0 radical (unpaired) electrons. The fraction of sp³-hybridized carbons (Fsp3) is 0.412. The molecule has 2 unspecified atom stereocenters. The quantitative estimate of drug-likeness (QED) is 0.864. The van der Waals surface area contributed by atoms with Gasteiger partial charge in [0.15, 0.2) is 0 Å². The van der Waals surface area contributed by atoms with Crippen molar-refractivity contribution in [3.05, 3.63) is 48.0 Å². The van der Waals surface area contributed by atoms with Crippen LogP contribution in [0.25, 0.3) is 0 Å². The number of carbonyl (C=O) groups excluding carboxylic acids is 2. The maximum absolute atomic E-state index is 12.8. The van der Waals surface area contributed by atoms with Crippen LogP contribution >= 0.6 is 0 Å². The van der Waals surface area contributed by atoms with Gasteiger partial charge in [-0.15, -0.1) is 0 Å². The first kappa shape index (κ1) is 15.3. The predicted octanol–water partition coefficient (Wildman–Crippen LogP) is 2.43. The smallest absolute Gasteiger partial charge is 0.249 e. The maximum atomic E-state index is 12.8. The highest BCUT2D eigenvalue weighted by Gasteiger charge is 2.47. The Hall–Kier alpha value is -2.10. The Kier molecular flexibility index (Phi) is 4.16. The normalized spacial score (nSPS) is 25.7. The molecular weight excluding hydrogens is 264 g/mol. The minimum absolute atomic E-state index is 0.0542. The highest BCUT2D eigenvalue weighted by atomic mass is 16.2. The van der Waals surface area contributed by atoms with Gasteiger partial charge in [-0.1, -0.05) is 49.4 Å². The zero-order valence-electron chi connectivity index (χ0n) is 12.8. The Balaban J connectivity index is 2.45. The van der Waals surface area contributed by atoms with Gasteiger partial charge in [0.25, 0.3) is 0 Å². The lowest BCUT2D eigenvalue weighted by Gasteiger charge is -2.44. The van der Waals surface area contributed by atoms with Crippen molar-refractivity contribution in [2.24, 2.45) is 0 Å². The number of benzene rings is 1. The van der Waals surface area contributed by atoms with Crippen LogP contribution in [0.4, 0.5) is 0 Å². The molecular formula is C17H22N2O2. The summed E-state index contributed by atoms with van der Waals surface area (Å²) in [5, 5.41) is 2.88. The van der Waals surface area contributed by atoms with E-state index >= 15 is 0 Å². The van der Waals surface area contributed by atoms with E-state index in [4.69, 9.17) is 0 Å². The number of piperazine rings is 1. The van der Waals surface area contributed by atoms with Gasteiger partial charge in [-0.25, -0.2) is 0 Å². The van der Waals surface area contributed by atoms with Crippen LogP contribution in [-0.2, 0) is 9.59 Å². The molecule has 1 fully saturated rings. The largest absolute Gasteiger partial charge is 0.340 e. The highest BCUT2D eigenvalue weighted by molar-refractivity contribution is 6.00. The number of carbonyl (C=O) groups is 2. The molecule has 4 nitrogen and oxygen atoms in total. The fourth-order valence-corrected chi connectivity index (χ4v) is 2.63. The van der Waals surface area contributed by atoms with E-state index in [1.807, 2.05) is 44.2 Å². The standard InChI is InChI=1S/C17H22N2O2/c1-5-17(4)16(21)19(11-12(2)3)14(15(20)18-17)13-9-7-6-8-10-13/h6-10,14H,2,5,11H2,1,3-4H3,(H,18,20). The van der Waals surface area contributed by atoms with Crippen LogP contribution in [0.1, 0.15) is 38.8 Å². The molecule has 1 aliphatic heterocycles. The molecule has 0 aromatic heterocycles. The molecule has 0 bridgehead atoms. The minimum Gasteiger partial charge on any atom is -0.340 e. The number of amides is 2. The third-order valence-electron chi connectivity index (χ3n) is 3.95. The van der Waals surface area contributed by atoms with Gasteiger partial charge in [-0.2, -0.15) is 0 Å². The molecule has 1 aromatic rings. The Morgan fingerprint density at radius 2 is 1.95 bits per heavy atom. The van der Waals surface area contributed by atoms with E-state index in [-0.39, 0.29) is 11.8 Å². The minimum atomic E-state index is -0.836. The Labute approximate surface area is 125 Å². The van der Waals surface area contributed by atoms with E-state index in [9.17, 15) is 9.59 Å². The molecule has 112 valence electrons. The lowest BCUT2D eigenvalue weighted by molar-refractivity contribution is -0.154. The molecule has 2 atom stereocenters. The average molecular weight is 286 g/mol. The second-order valence-corrected chi connectivity index (χ2v) is 5.88. The molecule has 0 aliphatic carbocycles. The van der Waals surface area contributed by atoms with Gasteiger partial charge in [0.2, 0.25) is 11.8 Å². The number of rotatable bonds is 4. The van der Waals surface area contributed by atoms with Crippen LogP contribution in [0.3, 0.4) is 0 Å². The SMILES string of the molecule is C=C(C)CN1C(=O)C(C)(CC)NC(=O)C1c1ccccc1. The molecule has 1 aliphatic rings. The third kappa shape index (κ3) is 2.84. The molecule has 2 amide bonds. The van der Waals surface area contributed by atoms with Crippen molar-refractivity contribution in [3.63, 3.8) is 0 Å². The second kappa shape index (κ2) is 5.72. The maximum Gasteiger partial charge on any atom is 0.249 e. The summed E-state index contributed by atoms with van der Waals surface area (Å²) >= 11 is 0. The second-order valence-electron chi connectivity index (χ2n) is 5.88. The number of hydrogen-bond donors (Lipinski definition) is 1. The zero-order chi connectivity index (χ0) is 15.6. The first-order valence-electron chi connectivity index (χ1n) is 7.21. The molecule has 0 saturated carbocycles. The Bertz CT molecular complexity index is 567. The number of hydrogen-bond acceptors (Lipinski definition) is 2. The van der Waals surface area contributed by atoms with Gasteiger partial charge >= 0.3 is 0 Å². The molecule has 1 heterocycles. The number of nitrogens with one attached hydrogen (secondary N) is 1. The summed E-state index contributed by atoms with van der Waals surface area (Å²) in [6.07, 6.45) is 0.561. The van der Waals surface area contributed by atoms with Crippen molar-refractivity contribution in [2.75, 3.05) is 6.54 Å². The van der Waals surface area contributed by atoms with E-state index < -0.39 is 11.6 Å². The molecule has 4 heteroatoms. The zero-order valence-corrected chi connectivity index (χ0v) is 12.8. The average Bonchev–Trinajstić information content (AvgIpc) is 2.45. The molecule has 1 N–H and O–H groups in total. The van der Waals surface area contributed by atoms with Crippen LogP contribution in [0.2, 0.25) is 0 Å². The topological polar surface area (TPSA) is 49.4 Å². The van der Waals surface area contributed by atoms with Crippen molar-refractivity contribution < 1.29 is 9.59 Å². The van der Waals surface area contributed by atoms with Gasteiger partial charge in [0, 0.05) is 6.54 Å². The Morgan fingerprint density at radius 3 is 2.48 bits per heavy atom. The fourth-order valence-electron chi connectivity index (χ4n) is 2.63. The van der Waals surface area contributed by atoms with Gasteiger partial charge in [-0.05, 0) is 25.8 Å². The van der Waals surface area contributed by atoms with Crippen molar-refractivity contribution >= 4 is 11.8 Å². The predicted molar refractivity (Wildman–Crippen MR) is 82.5 cm³/mol. The van der Waals surface area contributed by atoms with E-state index in [2.05, 4.69) is 11.9 Å². The van der Waals surface area contributed by atoms with Crippen molar-refractivity contribution in [1.29, 1.82) is 0 Å². The molecule has 2 rings (SSSR count). The lowest BCUT2D eigenvalue weighted by Crippen LogP contribution is -2.66. The van der Waals surface area contributed by atoms with E-state index in [0.717, 1.165) is 11.1 Å². The Morgan fingerprint density at radius 1 is 1.33 bits per heavy atom. The van der Waals surface area contributed by atoms with Crippen molar-refractivity contribution in [1.82, 2.24) is 10.2 Å². The van der Waals surface area contributed by atoms with Crippen LogP contribution in [-0.4, -0.2) is 28.8 Å². The van der Waals surface area contributed by atoms with Crippen LogP contribution < -0.4 is 5.32 Å². The molecule has 1 aromatic carbocycles. The molecule has 21 heavy (non-hydrogen) atoms. The number of nitrogens with zero attached hydrogens (tertiary/aromatic N) is 1. The third-order valence-corrected chi connectivity index (χ3v) is 3.95.